The Labute approximate surface area is 214 Å². The minimum absolute atomic E-state index is 1.23. The molecule has 0 fully saturated rings. The molecule has 36 heavy (non-hydrogen) atoms. The molecular formula is C30H15N3S3. The summed E-state index contributed by atoms with van der Waals surface area (Å²) in [5, 5.41) is 24.1. The van der Waals surface area contributed by atoms with Crippen molar-refractivity contribution in [3.63, 3.8) is 0 Å². The van der Waals surface area contributed by atoms with Crippen molar-refractivity contribution in [3.8, 4) is 0 Å². The van der Waals surface area contributed by atoms with Crippen molar-refractivity contribution in [1.29, 1.82) is 0 Å². The van der Waals surface area contributed by atoms with Gasteiger partial charge in [0.05, 0.1) is 11.0 Å². The number of thiophene rings is 3. The number of aromatic nitrogens is 3. The molecule has 0 bridgehead atoms. The van der Waals surface area contributed by atoms with Crippen molar-refractivity contribution in [1.82, 2.24) is 15.0 Å². The van der Waals surface area contributed by atoms with Gasteiger partial charge in [-0.2, -0.15) is 0 Å². The summed E-state index contributed by atoms with van der Waals surface area (Å²) in [6, 6.07) is 11.4. The Bertz CT molecular complexity index is 2050. The van der Waals surface area contributed by atoms with Crippen LogP contribution in [0.2, 0.25) is 0 Å². The summed E-state index contributed by atoms with van der Waals surface area (Å²) in [6.07, 6.45) is 8.58. The van der Waals surface area contributed by atoms with Gasteiger partial charge in [-0.05, 0) is 46.5 Å². The van der Waals surface area contributed by atoms with Crippen molar-refractivity contribution in [2.45, 2.75) is 0 Å². The first-order chi connectivity index (χ1) is 17.9. The molecule has 3 N–H and O–H groups in total. The van der Waals surface area contributed by atoms with Gasteiger partial charge in [-0.25, -0.2) is 0 Å². The molecule has 4 aromatic carbocycles. The molecule has 0 unspecified atom stereocenters. The predicted molar refractivity (Wildman–Crippen MR) is 161 cm³/mol. The van der Waals surface area contributed by atoms with E-state index in [0.717, 1.165) is 0 Å². The van der Waals surface area contributed by atoms with E-state index in [-0.39, 0.29) is 0 Å². The van der Waals surface area contributed by atoms with E-state index in [0.29, 0.717) is 0 Å². The highest BCUT2D eigenvalue weighted by Crippen LogP contribution is 2.53. The Morgan fingerprint density at radius 2 is 0.889 bits per heavy atom. The number of rotatable bonds is 0. The van der Waals surface area contributed by atoms with Crippen LogP contribution in [-0.2, 0) is 0 Å². The molecule has 0 aliphatic carbocycles. The maximum atomic E-state index is 3.67. The monoisotopic (exact) mass is 513 g/mol. The molecule has 10 aromatic rings. The van der Waals surface area contributed by atoms with Crippen LogP contribution in [-0.4, -0.2) is 15.0 Å². The van der Waals surface area contributed by atoms with E-state index in [1.165, 1.54) is 95.2 Å². The van der Waals surface area contributed by atoms with Crippen molar-refractivity contribution in [2.75, 3.05) is 0 Å². The van der Waals surface area contributed by atoms with Crippen LogP contribution in [0.4, 0.5) is 0 Å². The number of benzene rings is 4. The molecule has 10 rings (SSSR count). The molecule has 3 nitrogen and oxygen atoms in total. The van der Waals surface area contributed by atoms with E-state index < -0.39 is 0 Å². The summed E-state index contributed by atoms with van der Waals surface area (Å²) >= 11 is 5.59. The SMILES string of the molecule is c1cc2c3ccsc3c3c(c2[nH]1)c1c2sccc2c2c[nH]cc2c1c1c2sccc2c2cc[nH]c2c13. The maximum Gasteiger partial charge on any atom is 0.0547 e. The molecule has 0 saturated heterocycles. The summed E-state index contributed by atoms with van der Waals surface area (Å²) in [7, 11) is 0. The van der Waals surface area contributed by atoms with Crippen molar-refractivity contribution in [2.24, 2.45) is 0 Å². The molecule has 6 aromatic heterocycles. The number of aromatic amines is 3. The summed E-state index contributed by atoms with van der Waals surface area (Å²) < 4.78 is 4.11. The van der Waals surface area contributed by atoms with Crippen LogP contribution in [0.3, 0.4) is 0 Å². The second-order valence-electron chi connectivity index (χ2n) is 9.56. The molecule has 0 aliphatic heterocycles. The molecule has 0 amide bonds. The summed E-state index contributed by atoms with van der Waals surface area (Å²) in [4.78, 5) is 10.8. The van der Waals surface area contributed by atoms with Crippen LogP contribution in [0.1, 0.15) is 0 Å². The third kappa shape index (κ3) is 1.90. The summed E-state index contributed by atoms with van der Waals surface area (Å²) in [5.41, 5.74) is 2.47. The zero-order valence-electron chi connectivity index (χ0n) is 18.7. The van der Waals surface area contributed by atoms with Crippen LogP contribution < -0.4 is 0 Å². The smallest absolute Gasteiger partial charge is 0.0547 e. The van der Waals surface area contributed by atoms with E-state index in [9.17, 15) is 0 Å². The number of H-pyrrole nitrogens is 3. The van der Waals surface area contributed by atoms with Crippen LogP contribution in [0.15, 0.2) is 71.3 Å². The first-order valence-electron chi connectivity index (χ1n) is 11.9. The van der Waals surface area contributed by atoms with E-state index >= 15 is 0 Å². The second-order valence-corrected chi connectivity index (χ2v) is 12.3. The van der Waals surface area contributed by atoms with Gasteiger partial charge in [0, 0.05) is 109 Å². The van der Waals surface area contributed by atoms with Gasteiger partial charge in [0.1, 0.15) is 0 Å². The van der Waals surface area contributed by atoms with E-state index in [4.69, 9.17) is 0 Å². The van der Waals surface area contributed by atoms with E-state index in [1.807, 2.05) is 34.0 Å². The lowest BCUT2D eigenvalue weighted by molar-refractivity contribution is 1.43. The quantitative estimate of drug-likeness (QED) is 0.169. The first-order valence-corrected chi connectivity index (χ1v) is 14.6. The largest absolute Gasteiger partial charge is 0.366 e. The zero-order chi connectivity index (χ0) is 23.1. The van der Waals surface area contributed by atoms with E-state index in [2.05, 4.69) is 86.2 Å². The van der Waals surface area contributed by atoms with E-state index in [1.54, 1.807) is 0 Å². The number of hydrogen-bond donors (Lipinski definition) is 3. The lowest BCUT2D eigenvalue weighted by atomic mass is 9.88. The molecule has 0 spiro atoms. The predicted octanol–water partition coefficient (Wildman–Crippen LogP) is 10.2. The van der Waals surface area contributed by atoms with Gasteiger partial charge in [-0.15, -0.1) is 34.0 Å². The fourth-order valence-electron chi connectivity index (χ4n) is 6.74. The lowest BCUT2D eigenvalue weighted by Crippen LogP contribution is -1.89. The van der Waals surface area contributed by atoms with Gasteiger partial charge in [-0.1, -0.05) is 0 Å². The van der Waals surface area contributed by atoms with Gasteiger partial charge < -0.3 is 15.0 Å². The minimum atomic E-state index is 1.23. The van der Waals surface area contributed by atoms with Crippen LogP contribution in [0.25, 0.3) is 95.2 Å². The Balaban J connectivity index is 1.78. The first kappa shape index (κ1) is 18.4. The molecule has 0 saturated carbocycles. The van der Waals surface area contributed by atoms with Crippen LogP contribution in [0, 0.1) is 0 Å². The summed E-state index contributed by atoms with van der Waals surface area (Å²) in [5.74, 6) is 0. The zero-order valence-corrected chi connectivity index (χ0v) is 21.1. The average Bonchev–Trinajstić information content (AvgIpc) is 3.73. The average molecular weight is 514 g/mol. The topological polar surface area (TPSA) is 47.4 Å². The standard InChI is InChI=1S/C30H15N3S3/c1-6-32-26-13(1)15-3-8-34-28(15)23-20-19-12-31-11-18(19)17-5-10-36-30(17)24(20)22-25(21(23)26)29-16(4-9-35-29)14-2-7-33-27(14)22/h1-12,31-33H. The Morgan fingerprint density at radius 3 is 1.44 bits per heavy atom. The molecule has 168 valence electrons. The minimum Gasteiger partial charge on any atom is -0.366 e. The van der Waals surface area contributed by atoms with Crippen LogP contribution in [0.5, 0.6) is 0 Å². The molecular weight excluding hydrogens is 499 g/mol. The highest BCUT2D eigenvalue weighted by molar-refractivity contribution is 7.20. The number of hydrogen-bond acceptors (Lipinski definition) is 3. The second kappa shape index (κ2) is 6.10. The lowest BCUT2D eigenvalue weighted by Gasteiger charge is -2.16. The Hall–Kier alpha value is -3.84. The fraction of sp³-hybridized carbons (Fsp3) is 0. The molecule has 0 atom stereocenters. The molecule has 6 heteroatoms. The fourth-order valence-corrected chi connectivity index (χ4v) is 9.64. The van der Waals surface area contributed by atoms with Gasteiger partial charge in [0.25, 0.3) is 0 Å². The molecule has 6 heterocycles. The van der Waals surface area contributed by atoms with Crippen molar-refractivity contribution in [3.05, 3.63) is 71.3 Å². The van der Waals surface area contributed by atoms with Crippen LogP contribution >= 0.6 is 34.0 Å². The highest BCUT2D eigenvalue weighted by atomic mass is 32.1. The Morgan fingerprint density at radius 1 is 0.417 bits per heavy atom. The van der Waals surface area contributed by atoms with Gasteiger partial charge in [0.15, 0.2) is 0 Å². The highest BCUT2D eigenvalue weighted by Gasteiger charge is 2.25. The summed E-state index contributed by atoms with van der Waals surface area (Å²) in [6.45, 7) is 0. The van der Waals surface area contributed by atoms with Crippen molar-refractivity contribution >= 4 is 129 Å². The molecule has 0 aliphatic rings. The normalized spacial score (nSPS) is 13.0. The van der Waals surface area contributed by atoms with Crippen molar-refractivity contribution < 1.29 is 0 Å². The van der Waals surface area contributed by atoms with Gasteiger partial charge >= 0.3 is 0 Å². The third-order valence-electron chi connectivity index (χ3n) is 8.06. The number of fused-ring (bicyclic) bond motifs is 21. The molecule has 0 radical (unpaired) electrons. The Kier molecular flexibility index (Phi) is 3.12. The van der Waals surface area contributed by atoms with Gasteiger partial charge in [0.2, 0.25) is 0 Å². The van der Waals surface area contributed by atoms with Gasteiger partial charge in [-0.3, -0.25) is 0 Å². The third-order valence-corrected chi connectivity index (χ3v) is 10.9. The maximum absolute atomic E-state index is 3.67. The number of nitrogens with one attached hydrogen (secondary N) is 3.